The van der Waals surface area contributed by atoms with Gasteiger partial charge in [-0.25, -0.2) is 0 Å². The minimum atomic E-state index is 1.13. The molecule has 0 fully saturated rings. The lowest BCUT2D eigenvalue weighted by molar-refractivity contribution is 1.18. The van der Waals surface area contributed by atoms with Gasteiger partial charge in [0.1, 0.15) is 0 Å². The van der Waals surface area contributed by atoms with Gasteiger partial charge in [0.05, 0.1) is 11.0 Å². The van der Waals surface area contributed by atoms with Crippen molar-refractivity contribution >= 4 is 38.9 Å². The zero-order valence-electron chi connectivity index (χ0n) is 32.9. The summed E-state index contributed by atoms with van der Waals surface area (Å²) in [5, 5.41) is 2.56. The molecule has 0 aliphatic rings. The molecular weight excluding hydrogens is 605 g/mol. The van der Waals surface area contributed by atoms with Gasteiger partial charge >= 0.3 is 0 Å². The third kappa shape index (κ3) is 10.5. The van der Waals surface area contributed by atoms with Crippen LogP contribution in [-0.2, 0) is 0 Å². The van der Waals surface area contributed by atoms with Gasteiger partial charge in [0.2, 0.25) is 0 Å². The molecule has 7 aromatic rings. The molecule has 0 aliphatic heterocycles. The molecule has 50 heavy (non-hydrogen) atoms. The number of hydrogen-bond acceptors (Lipinski definition) is 1. The molecule has 7 rings (SSSR count). The molecule has 0 spiro atoms. The van der Waals surface area contributed by atoms with E-state index in [2.05, 4.69) is 167 Å². The average Bonchev–Trinajstić information content (AvgIpc) is 3.58. The Bertz CT molecular complexity index is 1740. The molecular formula is C48H62N2. The molecule has 0 saturated heterocycles. The van der Waals surface area contributed by atoms with Crippen LogP contribution in [0.25, 0.3) is 38.6 Å². The maximum absolute atomic E-state index is 2.36. The molecule has 2 nitrogen and oxygen atoms in total. The van der Waals surface area contributed by atoms with E-state index in [0.717, 1.165) is 17.1 Å². The second kappa shape index (κ2) is 25.0. The third-order valence-electron chi connectivity index (χ3n) is 7.19. The monoisotopic (exact) mass is 666 g/mol. The molecule has 1 aromatic heterocycles. The van der Waals surface area contributed by atoms with Crippen LogP contribution >= 0.6 is 0 Å². The Kier molecular flexibility index (Phi) is 21.4. The van der Waals surface area contributed by atoms with Crippen LogP contribution in [0.5, 0.6) is 0 Å². The van der Waals surface area contributed by atoms with Gasteiger partial charge in [-0.05, 0) is 71.8 Å². The maximum atomic E-state index is 2.36. The number of rotatable bonds is 5. The van der Waals surface area contributed by atoms with Gasteiger partial charge in [-0.1, -0.05) is 180 Å². The van der Waals surface area contributed by atoms with Crippen molar-refractivity contribution in [2.75, 3.05) is 4.90 Å². The van der Waals surface area contributed by atoms with Crippen LogP contribution in [0.15, 0.2) is 158 Å². The standard InChI is InChI=1S/C36H26N2.6C2H6/c1-3-11-29(12-4-1)37(30-13-5-2-6-14-30)31-23-19-27(20-24-31)28-21-25-32(26-22-28)38-35-17-9-7-15-33(35)34-16-8-10-18-36(34)38;6*1-2/h1-26H;6*1-2H3. The molecule has 1 heterocycles. The van der Waals surface area contributed by atoms with Crippen LogP contribution in [0.3, 0.4) is 0 Å². The van der Waals surface area contributed by atoms with E-state index in [1.807, 2.05) is 83.1 Å². The van der Waals surface area contributed by atoms with E-state index in [1.54, 1.807) is 0 Å². The molecule has 0 aliphatic carbocycles. The fraction of sp³-hybridized carbons (Fsp3) is 0.250. The minimum absolute atomic E-state index is 1.13. The van der Waals surface area contributed by atoms with Crippen molar-refractivity contribution in [1.82, 2.24) is 4.57 Å². The number of nitrogens with zero attached hydrogens (tertiary/aromatic N) is 2. The van der Waals surface area contributed by atoms with E-state index in [4.69, 9.17) is 0 Å². The fourth-order valence-electron chi connectivity index (χ4n) is 5.41. The van der Waals surface area contributed by atoms with Gasteiger partial charge in [0, 0.05) is 33.5 Å². The first-order chi connectivity index (χ1) is 24.9. The van der Waals surface area contributed by atoms with E-state index in [0.29, 0.717) is 0 Å². The number of fused-ring (bicyclic) bond motifs is 3. The molecule has 0 amide bonds. The second-order valence-electron chi connectivity index (χ2n) is 9.47. The summed E-state index contributed by atoms with van der Waals surface area (Å²) in [6.07, 6.45) is 0. The lowest BCUT2D eigenvalue weighted by Gasteiger charge is -2.25. The Morgan fingerprint density at radius 3 is 0.980 bits per heavy atom. The van der Waals surface area contributed by atoms with Crippen LogP contribution in [0.1, 0.15) is 83.1 Å². The van der Waals surface area contributed by atoms with E-state index in [-0.39, 0.29) is 0 Å². The van der Waals surface area contributed by atoms with Crippen molar-refractivity contribution < 1.29 is 0 Å². The first-order valence-corrected chi connectivity index (χ1v) is 19.0. The molecule has 2 heteroatoms. The van der Waals surface area contributed by atoms with Gasteiger partial charge < -0.3 is 9.47 Å². The van der Waals surface area contributed by atoms with Gasteiger partial charge in [0.15, 0.2) is 0 Å². The molecule has 264 valence electrons. The van der Waals surface area contributed by atoms with Crippen molar-refractivity contribution in [1.29, 1.82) is 0 Å². The summed E-state index contributed by atoms with van der Waals surface area (Å²) in [4.78, 5) is 2.29. The van der Waals surface area contributed by atoms with Crippen LogP contribution in [0.4, 0.5) is 17.1 Å². The average molecular weight is 667 g/mol. The Balaban J connectivity index is 0.000000948. The first kappa shape index (κ1) is 42.9. The van der Waals surface area contributed by atoms with E-state index in [1.165, 1.54) is 38.6 Å². The van der Waals surface area contributed by atoms with Crippen molar-refractivity contribution in [3.05, 3.63) is 158 Å². The fourth-order valence-corrected chi connectivity index (χ4v) is 5.41. The zero-order valence-corrected chi connectivity index (χ0v) is 32.9. The van der Waals surface area contributed by atoms with Crippen molar-refractivity contribution in [3.8, 4) is 16.8 Å². The Morgan fingerprint density at radius 2 is 0.600 bits per heavy atom. The number of anilines is 3. The normalized spacial score (nSPS) is 9.20. The molecule has 0 N–H and O–H groups in total. The third-order valence-corrected chi connectivity index (χ3v) is 7.19. The number of benzene rings is 6. The first-order valence-electron chi connectivity index (χ1n) is 19.0. The van der Waals surface area contributed by atoms with Crippen LogP contribution in [0, 0.1) is 0 Å². The molecule has 0 radical (unpaired) electrons. The van der Waals surface area contributed by atoms with Gasteiger partial charge in [-0.3, -0.25) is 0 Å². The summed E-state index contributed by atoms with van der Waals surface area (Å²) in [5.41, 5.74) is 9.44. The summed E-state index contributed by atoms with van der Waals surface area (Å²) < 4.78 is 2.36. The van der Waals surface area contributed by atoms with E-state index < -0.39 is 0 Å². The van der Waals surface area contributed by atoms with Crippen molar-refractivity contribution in [2.24, 2.45) is 0 Å². The van der Waals surface area contributed by atoms with Crippen molar-refractivity contribution in [2.45, 2.75) is 83.1 Å². The highest BCUT2D eigenvalue weighted by Crippen LogP contribution is 2.36. The lowest BCUT2D eigenvalue weighted by atomic mass is 10.0. The summed E-state index contributed by atoms with van der Waals surface area (Å²) in [5.74, 6) is 0. The molecule has 0 atom stereocenters. The van der Waals surface area contributed by atoms with Gasteiger partial charge in [-0.15, -0.1) is 0 Å². The highest BCUT2D eigenvalue weighted by atomic mass is 15.1. The quantitative estimate of drug-likeness (QED) is 0.177. The predicted octanol–water partition coefficient (Wildman–Crippen LogP) is 16.1. The molecule has 0 saturated carbocycles. The topological polar surface area (TPSA) is 8.17 Å². The number of para-hydroxylation sites is 4. The predicted molar refractivity (Wildman–Crippen MR) is 229 cm³/mol. The molecule has 6 aromatic carbocycles. The highest BCUT2D eigenvalue weighted by Gasteiger charge is 2.13. The summed E-state index contributed by atoms with van der Waals surface area (Å²) in [6, 6.07) is 56.0. The van der Waals surface area contributed by atoms with E-state index >= 15 is 0 Å². The summed E-state index contributed by atoms with van der Waals surface area (Å²) >= 11 is 0. The van der Waals surface area contributed by atoms with Crippen LogP contribution in [0.2, 0.25) is 0 Å². The lowest BCUT2D eigenvalue weighted by Crippen LogP contribution is -2.09. The SMILES string of the molecule is CC.CC.CC.CC.CC.CC.c1ccc(N(c2ccccc2)c2ccc(-c3ccc(-n4c5ccccc5c5ccccc54)cc3)cc2)cc1. The minimum Gasteiger partial charge on any atom is -0.311 e. The Labute approximate surface area is 305 Å². The highest BCUT2D eigenvalue weighted by molar-refractivity contribution is 6.09. The van der Waals surface area contributed by atoms with Gasteiger partial charge in [0.25, 0.3) is 0 Å². The zero-order chi connectivity index (χ0) is 37.3. The Morgan fingerprint density at radius 1 is 0.300 bits per heavy atom. The molecule has 0 unspecified atom stereocenters. The van der Waals surface area contributed by atoms with Crippen molar-refractivity contribution in [3.63, 3.8) is 0 Å². The smallest absolute Gasteiger partial charge is 0.0541 e. The largest absolute Gasteiger partial charge is 0.311 e. The van der Waals surface area contributed by atoms with Crippen LogP contribution in [-0.4, -0.2) is 4.57 Å². The summed E-state index contributed by atoms with van der Waals surface area (Å²) in [6.45, 7) is 24.0. The van der Waals surface area contributed by atoms with Gasteiger partial charge in [-0.2, -0.15) is 0 Å². The molecule has 0 bridgehead atoms. The summed E-state index contributed by atoms with van der Waals surface area (Å²) in [7, 11) is 0. The second-order valence-corrected chi connectivity index (χ2v) is 9.47. The maximum Gasteiger partial charge on any atom is 0.0541 e. The van der Waals surface area contributed by atoms with Crippen LogP contribution < -0.4 is 4.90 Å². The number of aromatic nitrogens is 1. The Hall–Kier alpha value is -5.08. The van der Waals surface area contributed by atoms with E-state index in [9.17, 15) is 0 Å². The number of hydrogen-bond donors (Lipinski definition) is 0.